The summed E-state index contributed by atoms with van der Waals surface area (Å²) in [7, 11) is 0. The number of amides is 1. The molecule has 2 aliphatic heterocycles. The van der Waals surface area contributed by atoms with Gasteiger partial charge in [-0.2, -0.15) is 0 Å². The average molecular weight is 331 g/mol. The minimum Gasteiger partial charge on any atom is -0.337 e. The molecule has 0 saturated carbocycles. The van der Waals surface area contributed by atoms with Gasteiger partial charge < -0.3 is 4.90 Å². The normalized spacial score (nSPS) is 18.0. The second-order valence-corrected chi connectivity index (χ2v) is 6.62. The summed E-state index contributed by atoms with van der Waals surface area (Å²) >= 11 is 0. The third-order valence-electron chi connectivity index (χ3n) is 5.11. The molecule has 25 heavy (non-hydrogen) atoms. The zero-order chi connectivity index (χ0) is 17.2. The van der Waals surface area contributed by atoms with Gasteiger partial charge >= 0.3 is 0 Å². The number of hydrogen-bond donors (Lipinski definition) is 0. The third-order valence-corrected chi connectivity index (χ3v) is 5.11. The molecule has 2 aliphatic rings. The number of carbonyl (C=O) groups is 1. The zero-order valence-corrected chi connectivity index (χ0v) is 14.4. The van der Waals surface area contributed by atoms with Crippen LogP contribution in [0.3, 0.4) is 0 Å². The zero-order valence-electron chi connectivity index (χ0n) is 14.4. The van der Waals surface area contributed by atoms with Crippen LogP contribution < -0.4 is 0 Å². The van der Waals surface area contributed by atoms with Crippen LogP contribution in [0.2, 0.25) is 0 Å². The quantitative estimate of drug-likeness (QED) is 0.867. The van der Waals surface area contributed by atoms with Crippen molar-refractivity contribution in [1.29, 1.82) is 0 Å². The summed E-state index contributed by atoms with van der Waals surface area (Å²) in [6, 6.07) is 14.0. The summed E-state index contributed by atoms with van der Waals surface area (Å²) in [6.45, 7) is 4.21. The van der Waals surface area contributed by atoms with Crippen molar-refractivity contribution in [2.75, 3.05) is 19.6 Å². The van der Waals surface area contributed by atoms with Crippen molar-refractivity contribution in [2.45, 2.75) is 19.3 Å². The van der Waals surface area contributed by atoms with Crippen LogP contribution in [0.5, 0.6) is 0 Å². The van der Waals surface area contributed by atoms with Gasteiger partial charge in [0.05, 0.1) is 18.2 Å². The van der Waals surface area contributed by atoms with E-state index >= 15 is 0 Å². The van der Waals surface area contributed by atoms with Gasteiger partial charge in [-0.1, -0.05) is 30.3 Å². The van der Waals surface area contributed by atoms with Gasteiger partial charge in [0.15, 0.2) is 0 Å². The Balaban J connectivity index is 1.54. The van der Waals surface area contributed by atoms with Crippen molar-refractivity contribution in [3.63, 3.8) is 0 Å². The molecule has 0 saturated heterocycles. The molecule has 0 bridgehead atoms. The summed E-state index contributed by atoms with van der Waals surface area (Å²) in [4.78, 5) is 23.8. The summed E-state index contributed by atoms with van der Waals surface area (Å²) in [5.74, 6) is 0.0739. The maximum absolute atomic E-state index is 13.0. The lowest BCUT2D eigenvalue weighted by Crippen LogP contribution is -2.40. The largest absolute Gasteiger partial charge is 0.337 e. The summed E-state index contributed by atoms with van der Waals surface area (Å²) < 4.78 is 0. The first-order chi connectivity index (χ1) is 12.2. The van der Waals surface area contributed by atoms with Gasteiger partial charge in [-0.15, -0.1) is 0 Å². The number of carbonyl (C=O) groups excluding carboxylic acids is 1. The fourth-order valence-electron chi connectivity index (χ4n) is 3.61. The van der Waals surface area contributed by atoms with E-state index in [-0.39, 0.29) is 11.8 Å². The van der Waals surface area contributed by atoms with E-state index < -0.39 is 0 Å². The predicted octanol–water partition coefficient (Wildman–Crippen LogP) is 3.22. The van der Waals surface area contributed by atoms with E-state index in [4.69, 9.17) is 4.99 Å². The molecule has 126 valence electrons. The SMILES string of the molecule is CC(C(=O)N1CCC2=C(C1)C(c1ccncc1)=NC2)c1ccccc1. The van der Waals surface area contributed by atoms with E-state index in [1.54, 1.807) is 12.4 Å². The molecule has 0 spiro atoms. The topological polar surface area (TPSA) is 45.6 Å². The first kappa shape index (κ1) is 15.8. The van der Waals surface area contributed by atoms with Crippen molar-refractivity contribution in [2.24, 2.45) is 4.99 Å². The predicted molar refractivity (Wildman–Crippen MR) is 98.7 cm³/mol. The Morgan fingerprint density at radius 3 is 2.64 bits per heavy atom. The minimum atomic E-state index is -0.119. The van der Waals surface area contributed by atoms with Crippen LogP contribution in [-0.2, 0) is 4.79 Å². The molecule has 1 aromatic heterocycles. The Labute approximate surface area is 147 Å². The van der Waals surface area contributed by atoms with Crippen LogP contribution in [0.1, 0.15) is 30.4 Å². The molecule has 4 rings (SSSR count). The van der Waals surface area contributed by atoms with E-state index in [0.717, 1.165) is 36.3 Å². The molecule has 0 N–H and O–H groups in total. The molecule has 4 heteroatoms. The highest BCUT2D eigenvalue weighted by Crippen LogP contribution is 2.29. The van der Waals surface area contributed by atoms with Gasteiger partial charge in [0.1, 0.15) is 0 Å². The van der Waals surface area contributed by atoms with Gasteiger partial charge in [0.2, 0.25) is 5.91 Å². The molecule has 3 heterocycles. The highest BCUT2D eigenvalue weighted by atomic mass is 16.2. The Bertz CT molecular complexity index is 840. The highest BCUT2D eigenvalue weighted by Gasteiger charge is 2.31. The molecular formula is C21H21N3O. The van der Waals surface area contributed by atoms with Crippen LogP contribution in [0.25, 0.3) is 0 Å². The molecular weight excluding hydrogens is 310 g/mol. The van der Waals surface area contributed by atoms with Crippen molar-refractivity contribution in [1.82, 2.24) is 9.88 Å². The summed E-state index contributed by atoms with van der Waals surface area (Å²) in [5.41, 5.74) is 5.80. The van der Waals surface area contributed by atoms with Gasteiger partial charge in [-0.25, -0.2) is 0 Å². The first-order valence-electron chi connectivity index (χ1n) is 8.74. The third kappa shape index (κ3) is 3.00. The number of hydrogen-bond acceptors (Lipinski definition) is 3. The van der Waals surface area contributed by atoms with Crippen molar-refractivity contribution in [3.8, 4) is 0 Å². The Morgan fingerprint density at radius 2 is 1.88 bits per heavy atom. The molecule has 1 unspecified atom stereocenters. The monoisotopic (exact) mass is 331 g/mol. The number of aliphatic imine (C=N–C) groups is 1. The van der Waals surface area contributed by atoms with Gasteiger partial charge in [0.25, 0.3) is 0 Å². The van der Waals surface area contributed by atoms with Crippen molar-refractivity contribution < 1.29 is 4.79 Å². The molecule has 0 radical (unpaired) electrons. The minimum absolute atomic E-state index is 0.119. The maximum Gasteiger partial charge on any atom is 0.230 e. The lowest BCUT2D eigenvalue weighted by Gasteiger charge is -2.31. The first-order valence-corrected chi connectivity index (χ1v) is 8.74. The van der Waals surface area contributed by atoms with E-state index in [2.05, 4.69) is 4.98 Å². The summed E-state index contributed by atoms with van der Waals surface area (Å²) in [6.07, 6.45) is 4.50. The van der Waals surface area contributed by atoms with Crippen LogP contribution in [0, 0.1) is 0 Å². The fraction of sp³-hybridized carbons (Fsp3) is 0.286. The van der Waals surface area contributed by atoms with Crippen molar-refractivity contribution in [3.05, 3.63) is 77.1 Å². The van der Waals surface area contributed by atoms with Crippen LogP contribution in [-0.4, -0.2) is 41.1 Å². The molecule has 1 atom stereocenters. The number of benzene rings is 1. The summed E-state index contributed by atoms with van der Waals surface area (Å²) in [5, 5.41) is 0. The number of aromatic nitrogens is 1. The second kappa shape index (κ2) is 6.63. The lowest BCUT2D eigenvalue weighted by molar-refractivity contribution is -0.132. The van der Waals surface area contributed by atoms with Gasteiger partial charge in [-0.3, -0.25) is 14.8 Å². The Kier molecular flexibility index (Phi) is 4.18. The molecule has 1 aromatic carbocycles. The van der Waals surface area contributed by atoms with Gasteiger partial charge in [0, 0.05) is 31.0 Å². The fourth-order valence-corrected chi connectivity index (χ4v) is 3.61. The van der Waals surface area contributed by atoms with Crippen LogP contribution in [0.15, 0.2) is 71.0 Å². The van der Waals surface area contributed by atoms with E-state index in [9.17, 15) is 4.79 Å². The highest BCUT2D eigenvalue weighted by molar-refractivity contribution is 6.15. The molecule has 2 aromatic rings. The molecule has 1 amide bonds. The average Bonchev–Trinajstić information content (AvgIpc) is 3.11. The van der Waals surface area contributed by atoms with Crippen LogP contribution >= 0.6 is 0 Å². The van der Waals surface area contributed by atoms with Crippen LogP contribution in [0.4, 0.5) is 0 Å². The Hall–Kier alpha value is -2.75. The van der Waals surface area contributed by atoms with E-state index in [1.165, 1.54) is 11.1 Å². The van der Waals surface area contributed by atoms with Gasteiger partial charge in [-0.05, 0) is 42.2 Å². The molecule has 0 aliphatic carbocycles. The number of rotatable bonds is 3. The molecule has 4 nitrogen and oxygen atoms in total. The van der Waals surface area contributed by atoms with E-state index in [0.29, 0.717) is 6.54 Å². The lowest BCUT2D eigenvalue weighted by atomic mass is 9.93. The number of pyridine rings is 1. The second-order valence-electron chi connectivity index (χ2n) is 6.62. The van der Waals surface area contributed by atoms with E-state index in [1.807, 2.05) is 54.3 Å². The molecule has 0 fully saturated rings. The number of nitrogens with zero attached hydrogens (tertiary/aromatic N) is 3. The standard InChI is InChI=1S/C21H21N3O/c1-15(16-5-3-2-4-6-16)21(25)24-12-9-18-13-23-20(19(18)14-24)17-7-10-22-11-8-17/h2-8,10-11,15H,9,12-14H2,1H3. The van der Waals surface area contributed by atoms with Crippen molar-refractivity contribution >= 4 is 11.6 Å². The Morgan fingerprint density at radius 1 is 1.12 bits per heavy atom. The maximum atomic E-state index is 13.0. The smallest absolute Gasteiger partial charge is 0.230 e.